The van der Waals surface area contributed by atoms with Crippen LogP contribution in [0.4, 0.5) is 0 Å². The highest BCUT2D eigenvalue weighted by atomic mass is 15.4. The molecule has 0 spiro atoms. The number of quaternary nitrogens is 3. The summed E-state index contributed by atoms with van der Waals surface area (Å²) in [5, 5.41) is 3.78. The lowest BCUT2D eigenvalue weighted by Crippen LogP contribution is -2.55. The van der Waals surface area contributed by atoms with Crippen LogP contribution >= 0.6 is 0 Å². The summed E-state index contributed by atoms with van der Waals surface area (Å²) in [6.07, 6.45) is 19.0. The van der Waals surface area contributed by atoms with Crippen LogP contribution in [0.15, 0.2) is 0 Å². The summed E-state index contributed by atoms with van der Waals surface area (Å²) in [6, 6.07) is 0. The second-order valence-corrected chi connectivity index (χ2v) is 14.3. The Kier molecular flexibility index (Phi) is 11.0. The van der Waals surface area contributed by atoms with E-state index in [2.05, 4.69) is 26.1 Å². The molecule has 4 fully saturated rings. The number of rotatable bonds is 15. The predicted octanol–water partition coefficient (Wildman–Crippen LogP) is 6.02. The van der Waals surface area contributed by atoms with Gasteiger partial charge in [0.25, 0.3) is 0 Å². The molecule has 1 saturated carbocycles. The highest BCUT2D eigenvalue weighted by molar-refractivity contribution is 4.81. The molecule has 1 aliphatic carbocycles. The summed E-state index contributed by atoms with van der Waals surface area (Å²) in [6.45, 7) is 25.9. The molecule has 3 saturated heterocycles. The van der Waals surface area contributed by atoms with Gasteiger partial charge in [-0.3, -0.25) is 5.32 Å². The molecule has 1 N–H and O–H groups in total. The molecule has 3 heterocycles. The Hall–Kier alpha value is -0.160. The van der Waals surface area contributed by atoms with E-state index < -0.39 is 0 Å². The lowest BCUT2D eigenvalue weighted by atomic mass is 9.73. The van der Waals surface area contributed by atoms with Crippen molar-refractivity contribution in [2.24, 2.45) is 17.8 Å². The van der Waals surface area contributed by atoms with Gasteiger partial charge in [-0.05, 0) is 38.5 Å². The van der Waals surface area contributed by atoms with Crippen molar-refractivity contribution in [3.8, 4) is 0 Å². The standard InChI is InChI=1S/C32H65N4/c1-4-7-15-34(18-10-11-19-34)26-30-23-31(27-35(16-8-5-2)20-12-13-21-35)25-32(24-30)28-36(17-9-6-3)22-14-33-29-36/h30-33H,4-29H2,1-3H3/q+3. The zero-order valence-electron chi connectivity index (χ0n) is 25.0. The normalized spacial score (nSPS) is 33.9. The third-order valence-electron chi connectivity index (χ3n) is 11.1. The van der Waals surface area contributed by atoms with E-state index in [-0.39, 0.29) is 0 Å². The maximum absolute atomic E-state index is 3.78. The van der Waals surface area contributed by atoms with Gasteiger partial charge in [-0.1, -0.05) is 40.0 Å². The summed E-state index contributed by atoms with van der Waals surface area (Å²) < 4.78 is 4.37. The average molecular weight is 506 g/mol. The molecule has 0 aromatic carbocycles. The average Bonchev–Trinajstić information content (AvgIpc) is 3.63. The minimum atomic E-state index is 0.966. The maximum atomic E-state index is 3.78. The Morgan fingerprint density at radius 2 is 0.917 bits per heavy atom. The van der Waals surface area contributed by atoms with Crippen molar-refractivity contribution in [1.82, 2.24) is 5.32 Å². The lowest BCUT2D eigenvalue weighted by Gasteiger charge is -2.46. The fourth-order valence-electron chi connectivity index (χ4n) is 9.43. The van der Waals surface area contributed by atoms with Crippen molar-refractivity contribution < 1.29 is 13.4 Å². The highest BCUT2D eigenvalue weighted by Gasteiger charge is 2.44. The number of hydrogen-bond acceptors (Lipinski definition) is 1. The fourth-order valence-corrected chi connectivity index (χ4v) is 9.43. The van der Waals surface area contributed by atoms with Gasteiger partial charge < -0.3 is 13.4 Å². The summed E-state index contributed by atoms with van der Waals surface area (Å²) in [7, 11) is 0. The SMILES string of the molecule is CCCC[N+]1(CC2CC(C[N+]3(CCCC)CCCC3)CC(C[N+]3(CCCC)CCNC3)C2)CCCC1. The van der Waals surface area contributed by atoms with Crippen molar-refractivity contribution in [3.63, 3.8) is 0 Å². The van der Waals surface area contributed by atoms with Gasteiger partial charge in [0.1, 0.15) is 6.67 Å². The van der Waals surface area contributed by atoms with Crippen LogP contribution in [0.2, 0.25) is 0 Å². The van der Waals surface area contributed by atoms with Crippen molar-refractivity contribution in [2.45, 2.75) is 104 Å². The Morgan fingerprint density at radius 1 is 0.528 bits per heavy atom. The maximum Gasteiger partial charge on any atom is 0.132 e. The van der Waals surface area contributed by atoms with Gasteiger partial charge in [0.05, 0.1) is 72.0 Å². The van der Waals surface area contributed by atoms with Crippen molar-refractivity contribution in [3.05, 3.63) is 0 Å². The van der Waals surface area contributed by atoms with Gasteiger partial charge in [0.15, 0.2) is 0 Å². The van der Waals surface area contributed by atoms with Gasteiger partial charge in [0.2, 0.25) is 0 Å². The van der Waals surface area contributed by atoms with Crippen LogP contribution in [-0.4, -0.2) is 98.7 Å². The van der Waals surface area contributed by atoms with Crippen LogP contribution in [0.25, 0.3) is 0 Å². The van der Waals surface area contributed by atoms with E-state index in [9.17, 15) is 0 Å². The van der Waals surface area contributed by atoms with E-state index in [1.165, 1.54) is 163 Å². The van der Waals surface area contributed by atoms with Gasteiger partial charge >= 0.3 is 0 Å². The molecule has 0 aromatic heterocycles. The minimum Gasteiger partial charge on any atom is -0.323 e. The first-order chi connectivity index (χ1) is 17.5. The van der Waals surface area contributed by atoms with E-state index >= 15 is 0 Å². The number of hydrogen-bond donors (Lipinski definition) is 1. The van der Waals surface area contributed by atoms with Gasteiger partial charge in [-0.25, -0.2) is 0 Å². The monoisotopic (exact) mass is 506 g/mol. The van der Waals surface area contributed by atoms with Crippen molar-refractivity contribution >= 4 is 0 Å². The number of nitrogens with one attached hydrogen (secondary N) is 1. The minimum absolute atomic E-state index is 0.966. The highest BCUT2D eigenvalue weighted by Crippen LogP contribution is 2.40. The molecule has 3 unspecified atom stereocenters. The number of unbranched alkanes of at least 4 members (excludes halogenated alkanes) is 3. The first-order valence-corrected chi connectivity index (χ1v) is 16.8. The molecule has 0 aromatic rings. The molecule has 4 rings (SSSR count). The van der Waals surface area contributed by atoms with E-state index in [4.69, 9.17) is 0 Å². The van der Waals surface area contributed by atoms with Gasteiger partial charge in [0, 0.05) is 50.0 Å². The van der Waals surface area contributed by atoms with Crippen molar-refractivity contribution in [1.29, 1.82) is 0 Å². The molecular weight excluding hydrogens is 440 g/mol. The van der Waals surface area contributed by atoms with Crippen LogP contribution in [0.1, 0.15) is 104 Å². The molecule has 0 bridgehead atoms. The van der Waals surface area contributed by atoms with Crippen LogP contribution in [0, 0.1) is 17.8 Å². The van der Waals surface area contributed by atoms with Crippen molar-refractivity contribution in [2.75, 3.05) is 85.2 Å². The predicted molar refractivity (Wildman–Crippen MR) is 155 cm³/mol. The first-order valence-electron chi connectivity index (χ1n) is 16.8. The van der Waals surface area contributed by atoms with Crippen LogP contribution < -0.4 is 5.32 Å². The fraction of sp³-hybridized carbons (Fsp3) is 1.00. The van der Waals surface area contributed by atoms with Crippen LogP contribution in [-0.2, 0) is 0 Å². The molecule has 4 nitrogen and oxygen atoms in total. The topological polar surface area (TPSA) is 12.0 Å². The summed E-state index contributed by atoms with van der Waals surface area (Å²) in [5.41, 5.74) is 0. The molecule has 210 valence electrons. The van der Waals surface area contributed by atoms with E-state index in [0.29, 0.717) is 0 Å². The summed E-state index contributed by atoms with van der Waals surface area (Å²) in [5.74, 6) is 2.94. The zero-order valence-corrected chi connectivity index (χ0v) is 25.0. The Labute approximate surface area is 225 Å². The van der Waals surface area contributed by atoms with Crippen LogP contribution in [0.3, 0.4) is 0 Å². The number of likely N-dealkylation sites (tertiary alicyclic amines) is 2. The van der Waals surface area contributed by atoms with E-state index in [0.717, 1.165) is 17.8 Å². The summed E-state index contributed by atoms with van der Waals surface area (Å²) in [4.78, 5) is 0. The third kappa shape index (κ3) is 7.70. The Bertz CT molecular complexity index is 524. The quantitative estimate of drug-likeness (QED) is 0.268. The zero-order chi connectivity index (χ0) is 25.3. The second-order valence-electron chi connectivity index (χ2n) is 14.3. The molecule has 0 radical (unpaired) electrons. The molecule has 4 heteroatoms. The van der Waals surface area contributed by atoms with Gasteiger partial charge in [-0.2, -0.15) is 0 Å². The van der Waals surface area contributed by atoms with E-state index in [1.807, 2.05) is 0 Å². The van der Waals surface area contributed by atoms with E-state index in [1.54, 1.807) is 19.3 Å². The third-order valence-corrected chi connectivity index (χ3v) is 11.1. The van der Waals surface area contributed by atoms with Gasteiger partial charge in [-0.15, -0.1) is 0 Å². The first kappa shape index (κ1) is 28.8. The Balaban J connectivity index is 1.48. The molecule has 0 amide bonds. The molecule has 4 aliphatic rings. The molecule has 3 aliphatic heterocycles. The van der Waals surface area contributed by atoms with Crippen LogP contribution in [0.5, 0.6) is 0 Å². The lowest BCUT2D eigenvalue weighted by molar-refractivity contribution is -0.926. The smallest absolute Gasteiger partial charge is 0.132 e. The largest absolute Gasteiger partial charge is 0.323 e. The molecule has 3 atom stereocenters. The summed E-state index contributed by atoms with van der Waals surface area (Å²) >= 11 is 0. The number of nitrogens with zero attached hydrogens (tertiary/aromatic N) is 3. The Morgan fingerprint density at radius 3 is 1.28 bits per heavy atom. The second kappa shape index (κ2) is 13.8. The molecular formula is C32H65N4+3. The molecule has 36 heavy (non-hydrogen) atoms.